The molecule has 4 amide bonds. The molecule has 2 heterocycles. The Morgan fingerprint density at radius 3 is 2.46 bits per heavy atom. The van der Waals surface area contributed by atoms with E-state index in [2.05, 4.69) is 15.9 Å². The number of benzene rings is 2. The number of imide groups is 2. The summed E-state index contributed by atoms with van der Waals surface area (Å²) in [6, 6.07) is 10.0. The molecule has 2 saturated heterocycles. The van der Waals surface area contributed by atoms with Crippen LogP contribution >= 0.6 is 39.1 Å². The van der Waals surface area contributed by atoms with Crippen molar-refractivity contribution in [2.75, 3.05) is 10.4 Å². The summed E-state index contributed by atoms with van der Waals surface area (Å²) in [5, 5.41) is 21.6. The minimum absolute atomic E-state index is 0.0274. The van der Waals surface area contributed by atoms with Crippen LogP contribution in [0.4, 0.5) is 11.4 Å². The highest BCUT2D eigenvalue weighted by Gasteiger charge is 2.76. The van der Waals surface area contributed by atoms with Gasteiger partial charge in [-0.3, -0.25) is 34.2 Å². The van der Waals surface area contributed by atoms with Gasteiger partial charge in [-0.25, -0.2) is 4.90 Å². The molecule has 3 fully saturated rings. The third-order valence-corrected chi connectivity index (χ3v) is 10.8. The SMILES string of the molecule is Cc1cc([C@H]2C3=CC[C@@H]4C(=O)N(c5cccc([N+](=O)[O-])c5)C(=O)[C@@H]4[C@@H]3C[C@@]3(Cl)C(=O)N(CBr)C(=O)[C@@]23Cl)ccc1O. The van der Waals surface area contributed by atoms with Crippen LogP contribution in [0.1, 0.15) is 29.9 Å². The van der Waals surface area contributed by atoms with E-state index >= 15 is 0 Å². The van der Waals surface area contributed by atoms with Gasteiger partial charge in [-0.05, 0) is 48.9 Å². The summed E-state index contributed by atoms with van der Waals surface area (Å²) in [4.78, 5) is 63.9. The number of non-ortho nitro benzene ring substituents is 1. The molecule has 13 heteroatoms. The Morgan fingerprint density at radius 2 is 1.80 bits per heavy atom. The average Bonchev–Trinajstić information content (AvgIpc) is 3.28. The number of hydrogen-bond donors (Lipinski definition) is 1. The van der Waals surface area contributed by atoms with Gasteiger partial charge in [0.2, 0.25) is 11.8 Å². The first-order valence-electron chi connectivity index (χ1n) is 12.8. The minimum atomic E-state index is -1.94. The molecule has 6 rings (SSSR count). The number of allylic oxidation sites excluding steroid dienone is 2. The molecule has 2 aromatic rings. The molecule has 2 aromatic carbocycles. The van der Waals surface area contributed by atoms with Crippen molar-refractivity contribution in [1.29, 1.82) is 0 Å². The van der Waals surface area contributed by atoms with Gasteiger partial charge in [0.1, 0.15) is 5.75 Å². The van der Waals surface area contributed by atoms with Gasteiger partial charge < -0.3 is 5.11 Å². The number of nitro groups is 1. The number of nitrogens with zero attached hydrogens (tertiary/aromatic N) is 3. The lowest BCUT2D eigenvalue weighted by molar-refractivity contribution is -0.384. The van der Waals surface area contributed by atoms with E-state index in [9.17, 15) is 34.4 Å². The predicted octanol–water partition coefficient (Wildman–Crippen LogP) is 4.52. The number of phenolic OH excluding ortho intramolecular Hbond substituents is 1. The van der Waals surface area contributed by atoms with Crippen LogP contribution in [0, 0.1) is 34.8 Å². The molecule has 1 saturated carbocycles. The van der Waals surface area contributed by atoms with Crippen LogP contribution in [0.15, 0.2) is 54.1 Å². The lowest BCUT2D eigenvalue weighted by atomic mass is 9.56. The minimum Gasteiger partial charge on any atom is -0.508 e. The molecule has 6 atom stereocenters. The van der Waals surface area contributed by atoms with E-state index in [0.717, 1.165) is 9.80 Å². The highest BCUT2D eigenvalue weighted by molar-refractivity contribution is 9.09. The third kappa shape index (κ3) is 3.61. The number of aromatic hydroxyl groups is 1. The second-order valence-corrected chi connectivity index (χ2v) is 12.6. The van der Waals surface area contributed by atoms with E-state index in [1.807, 2.05) is 0 Å². The zero-order valence-corrected chi connectivity index (χ0v) is 24.5. The highest BCUT2D eigenvalue weighted by Crippen LogP contribution is 2.65. The number of phenols is 1. The number of anilines is 1. The number of likely N-dealkylation sites (tertiary alicyclic amines) is 1. The first kappa shape index (κ1) is 27.9. The van der Waals surface area contributed by atoms with Crippen molar-refractivity contribution >= 4 is 74.1 Å². The maximum atomic E-state index is 14.0. The number of alkyl halides is 3. The Hall–Kier alpha value is -3.28. The van der Waals surface area contributed by atoms with E-state index in [4.69, 9.17) is 23.2 Å². The number of nitro benzene ring substituents is 1. The van der Waals surface area contributed by atoms with E-state index in [1.165, 1.54) is 30.3 Å². The molecule has 0 radical (unpaired) electrons. The molecule has 4 aliphatic rings. The number of rotatable bonds is 4. The predicted molar refractivity (Wildman–Crippen MR) is 152 cm³/mol. The van der Waals surface area contributed by atoms with E-state index in [0.29, 0.717) is 16.7 Å². The van der Waals surface area contributed by atoms with Gasteiger partial charge in [0.15, 0.2) is 9.75 Å². The van der Waals surface area contributed by atoms with Crippen molar-refractivity contribution in [1.82, 2.24) is 4.90 Å². The number of aryl methyl sites for hydroxylation is 1. The smallest absolute Gasteiger partial charge is 0.271 e. The normalized spacial score (nSPS) is 32.5. The third-order valence-electron chi connectivity index (χ3n) is 8.87. The van der Waals surface area contributed by atoms with Gasteiger partial charge in [-0.2, -0.15) is 0 Å². The fourth-order valence-corrected chi connectivity index (χ4v) is 8.41. The summed E-state index contributed by atoms with van der Waals surface area (Å²) in [7, 11) is 0. The summed E-state index contributed by atoms with van der Waals surface area (Å²) in [6.45, 7) is 1.68. The van der Waals surface area contributed by atoms with Crippen molar-refractivity contribution < 1.29 is 29.2 Å². The number of carbonyl (C=O) groups is 4. The van der Waals surface area contributed by atoms with Gasteiger partial charge in [0.05, 0.1) is 27.9 Å². The van der Waals surface area contributed by atoms with Gasteiger partial charge in [0.25, 0.3) is 17.5 Å². The fraction of sp³-hybridized carbons (Fsp3) is 0.357. The molecule has 212 valence electrons. The fourth-order valence-electron chi connectivity index (χ4n) is 6.99. The first-order chi connectivity index (χ1) is 19.4. The molecule has 2 aliphatic heterocycles. The van der Waals surface area contributed by atoms with Crippen LogP contribution in [-0.4, -0.2) is 53.8 Å². The summed E-state index contributed by atoms with van der Waals surface area (Å²) in [5.41, 5.74) is 1.33. The van der Waals surface area contributed by atoms with Crippen LogP contribution in [0.3, 0.4) is 0 Å². The van der Waals surface area contributed by atoms with Gasteiger partial charge >= 0.3 is 0 Å². The maximum Gasteiger partial charge on any atom is 0.271 e. The number of hydrogen-bond acceptors (Lipinski definition) is 7. The second kappa shape index (κ2) is 9.37. The molecule has 0 bridgehead atoms. The van der Waals surface area contributed by atoms with Crippen molar-refractivity contribution in [3.8, 4) is 5.75 Å². The Balaban J connectivity index is 1.51. The summed E-state index contributed by atoms with van der Waals surface area (Å²) < 4.78 is 0. The number of amides is 4. The number of halogens is 3. The van der Waals surface area contributed by atoms with Crippen molar-refractivity contribution in [3.63, 3.8) is 0 Å². The van der Waals surface area contributed by atoms with Crippen molar-refractivity contribution in [3.05, 3.63) is 75.4 Å². The van der Waals surface area contributed by atoms with Crippen LogP contribution in [-0.2, 0) is 19.2 Å². The van der Waals surface area contributed by atoms with Crippen LogP contribution in [0.5, 0.6) is 5.75 Å². The number of carbonyl (C=O) groups excluding carboxylic acids is 4. The first-order valence-corrected chi connectivity index (χ1v) is 14.7. The summed E-state index contributed by atoms with van der Waals surface area (Å²) >= 11 is 17.5. The second-order valence-electron chi connectivity index (χ2n) is 10.8. The van der Waals surface area contributed by atoms with Crippen LogP contribution in [0.25, 0.3) is 0 Å². The molecule has 1 N–H and O–H groups in total. The van der Waals surface area contributed by atoms with Crippen molar-refractivity contribution in [2.24, 2.45) is 17.8 Å². The monoisotopic (exact) mass is 661 g/mol. The van der Waals surface area contributed by atoms with Crippen LogP contribution < -0.4 is 4.90 Å². The van der Waals surface area contributed by atoms with E-state index < -0.39 is 62.0 Å². The van der Waals surface area contributed by atoms with Gasteiger partial charge in [-0.15, -0.1) is 23.2 Å². The molecule has 0 aromatic heterocycles. The maximum absolute atomic E-state index is 14.0. The Labute approximate surface area is 252 Å². The average molecular weight is 663 g/mol. The van der Waals surface area contributed by atoms with E-state index in [1.54, 1.807) is 25.1 Å². The molecule has 2 aliphatic carbocycles. The lowest BCUT2D eigenvalue weighted by Crippen LogP contribution is -2.60. The lowest BCUT2D eigenvalue weighted by Gasteiger charge is -2.50. The molecule has 10 nitrogen and oxygen atoms in total. The molecule has 0 unspecified atom stereocenters. The standard InChI is InChI=1S/C28H22BrCl2N3O7/c1-13-9-14(5-8-20(13)35)22-17-6-7-18-21(19(17)11-27(30)25(38)32(12-29)26(39)28(22,27)31)24(37)33(23(18)36)15-3-2-4-16(10-15)34(40)41/h2-6,8-10,18-19,21-22,35H,7,11-12H2,1H3/t18-,19+,21-,22-,27+,28-/m0/s1. The van der Waals surface area contributed by atoms with Crippen molar-refractivity contribution in [2.45, 2.75) is 35.4 Å². The topological polar surface area (TPSA) is 138 Å². The van der Waals surface area contributed by atoms with Gasteiger partial charge in [0, 0.05) is 18.1 Å². The van der Waals surface area contributed by atoms with Crippen LogP contribution in [0.2, 0.25) is 0 Å². The summed E-state index contributed by atoms with van der Waals surface area (Å²) in [6.07, 6.45) is 1.79. The van der Waals surface area contributed by atoms with Gasteiger partial charge in [-0.1, -0.05) is 45.8 Å². The molecule has 0 spiro atoms. The zero-order valence-electron chi connectivity index (χ0n) is 21.4. The Kier molecular flexibility index (Phi) is 6.37. The quantitative estimate of drug-likeness (QED) is 0.127. The highest BCUT2D eigenvalue weighted by atomic mass is 79.9. The molecular formula is C28H22BrCl2N3O7. The molecular weight excluding hydrogens is 641 g/mol. The number of fused-ring (bicyclic) bond motifs is 4. The Bertz CT molecular complexity index is 1610. The van der Waals surface area contributed by atoms with E-state index in [-0.39, 0.29) is 35.4 Å². The zero-order chi connectivity index (χ0) is 29.6. The summed E-state index contributed by atoms with van der Waals surface area (Å²) in [5.74, 6) is -5.82. The Morgan fingerprint density at radius 1 is 1.07 bits per heavy atom. The largest absolute Gasteiger partial charge is 0.508 e. The molecule has 41 heavy (non-hydrogen) atoms.